The minimum absolute atomic E-state index is 0.130. The molecule has 0 amide bonds. The van der Waals surface area contributed by atoms with Crippen LogP contribution in [0.15, 0.2) is 4.42 Å². The molecule has 2 fully saturated rings. The summed E-state index contributed by atoms with van der Waals surface area (Å²) >= 11 is 0. The van der Waals surface area contributed by atoms with Gasteiger partial charge in [0.1, 0.15) is 0 Å². The Labute approximate surface area is 127 Å². The average molecular weight is 292 g/mol. The van der Waals surface area contributed by atoms with Crippen molar-refractivity contribution < 1.29 is 4.42 Å². The van der Waals surface area contributed by atoms with Gasteiger partial charge in [0.25, 0.3) is 0 Å². The van der Waals surface area contributed by atoms with E-state index in [2.05, 4.69) is 34.3 Å². The summed E-state index contributed by atoms with van der Waals surface area (Å²) in [4.78, 5) is 2.27. The first-order valence-electron chi connectivity index (χ1n) is 8.54. The Bertz CT molecular complexity index is 443. The normalized spacial score (nSPS) is 23.4. The standard InChI is InChI=1S/C16H28N4O/c1-3-17-13(2)14-18-19-15(21-14)20-11-9-16(10-12-20)7-5-4-6-8-16/h13,17H,3-12H2,1-2H3. The number of piperidine rings is 1. The van der Waals surface area contributed by atoms with E-state index in [1.165, 1.54) is 44.9 Å². The van der Waals surface area contributed by atoms with Gasteiger partial charge in [0, 0.05) is 13.1 Å². The second-order valence-electron chi connectivity index (χ2n) is 6.75. The van der Waals surface area contributed by atoms with Crippen molar-refractivity contribution in [1.82, 2.24) is 15.5 Å². The van der Waals surface area contributed by atoms with Crippen molar-refractivity contribution >= 4 is 6.01 Å². The largest absolute Gasteiger partial charge is 0.406 e. The van der Waals surface area contributed by atoms with Crippen LogP contribution < -0.4 is 10.2 Å². The summed E-state index contributed by atoms with van der Waals surface area (Å²) in [6.45, 7) is 7.19. The molecule has 3 rings (SSSR count). The van der Waals surface area contributed by atoms with E-state index in [1.807, 2.05) is 0 Å². The molecule has 1 unspecified atom stereocenters. The molecular formula is C16H28N4O. The Morgan fingerprint density at radius 1 is 1.14 bits per heavy atom. The minimum atomic E-state index is 0.130. The van der Waals surface area contributed by atoms with Gasteiger partial charge in [0.2, 0.25) is 5.89 Å². The highest BCUT2D eigenvalue weighted by atomic mass is 16.4. The molecule has 0 radical (unpaired) electrons. The average Bonchev–Trinajstić information content (AvgIpc) is 2.99. The summed E-state index contributed by atoms with van der Waals surface area (Å²) in [7, 11) is 0. The number of hydrogen-bond donors (Lipinski definition) is 1. The highest BCUT2D eigenvalue weighted by Crippen LogP contribution is 2.44. The predicted molar refractivity (Wildman–Crippen MR) is 83.4 cm³/mol. The van der Waals surface area contributed by atoms with Gasteiger partial charge in [-0.1, -0.05) is 31.3 Å². The number of hydrogen-bond acceptors (Lipinski definition) is 5. The van der Waals surface area contributed by atoms with E-state index in [1.54, 1.807) is 0 Å². The highest BCUT2D eigenvalue weighted by Gasteiger charge is 2.36. The molecule has 5 nitrogen and oxygen atoms in total. The van der Waals surface area contributed by atoms with Gasteiger partial charge in [0.05, 0.1) is 6.04 Å². The monoisotopic (exact) mass is 292 g/mol. The van der Waals surface area contributed by atoms with Gasteiger partial charge < -0.3 is 14.6 Å². The maximum atomic E-state index is 5.85. The maximum absolute atomic E-state index is 5.85. The van der Waals surface area contributed by atoms with E-state index in [4.69, 9.17) is 4.42 Å². The molecule has 118 valence electrons. The van der Waals surface area contributed by atoms with Crippen molar-refractivity contribution in [3.63, 3.8) is 0 Å². The van der Waals surface area contributed by atoms with E-state index in [0.29, 0.717) is 17.3 Å². The van der Waals surface area contributed by atoms with Crippen molar-refractivity contribution in [3.05, 3.63) is 5.89 Å². The lowest BCUT2D eigenvalue weighted by Gasteiger charge is -2.43. The van der Waals surface area contributed by atoms with Crippen LogP contribution in [0.1, 0.15) is 70.7 Å². The van der Waals surface area contributed by atoms with Crippen LogP contribution in [0.2, 0.25) is 0 Å². The first-order chi connectivity index (χ1) is 10.2. The fourth-order valence-electron chi connectivity index (χ4n) is 3.90. The lowest BCUT2D eigenvalue weighted by molar-refractivity contribution is 0.142. The smallest absolute Gasteiger partial charge is 0.318 e. The van der Waals surface area contributed by atoms with E-state index in [-0.39, 0.29) is 6.04 Å². The molecule has 1 aromatic rings. The number of rotatable bonds is 4. The predicted octanol–water partition coefficient (Wildman–Crippen LogP) is 3.29. The molecule has 21 heavy (non-hydrogen) atoms. The fraction of sp³-hybridized carbons (Fsp3) is 0.875. The molecule has 1 aromatic heterocycles. The van der Waals surface area contributed by atoms with Crippen LogP contribution >= 0.6 is 0 Å². The molecule has 1 saturated heterocycles. The topological polar surface area (TPSA) is 54.2 Å². The lowest BCUT2D eigenvalue weighted by Crippen LogP contribution is -2.41. The van der Waals surface area contributed by atoms with Gasteiger partial charge in [0.15, 0.2) is 0 Å². The second kappa shape index (κ2) is 6.34. The van der Waals surface area contributed by atoms with Crippen LogP contribution in [0.4, 0.5) is 6.01 Å². The van der Waals surface area contributed by atoms with Crippen molar-refractivity contribution in [1.29, 1.82) is 0 Å². The quantitative estimate of drug-likeness (QED) is 0.923. The third kappa shape index (κ3) is 3.23. The molecule has 1 saturated carbocycles. The summed E-state index contributed by atoms with van der Waals surface area (Å²) in [5.74, 6) is 0.699. The minimum Gasteiger partial charge on any atom is -0.406 e. The van der Waals surface area contributed by atoms with Crippen molar-refractivity contribution in [3.8, 4) is 0 Å². The molecule has 1 aliphatic heterocycles. The van der Waals surface area contributed by atoms with Crippen LogP contribution in [0.5, 0.6) is 0 Å². The third-order valence-corrected chi connectivity index (χ3v) is 5.32. The van der Waals surface area contributed by atoms with E-state index in [9.17, 15) is 0 Å². The molecular weight excluding hydrogens is 264 g/mol. The highest BCUT2D eigenvalue weighted by molar-refractivity contribution is 5.25. The Morgan fingerprint density at radius 3 is 2.52 bits per heavy atom. The molecule has 2 heterocycles. The second-order valence-corrected chi connectivity index (χ2v) is 6.75. The zero-order valence-corrected chi connectivity index (χ0v) is 13.4. The van der Waals surface area contributed by atoms with E-state index >= 15 is 0 Å². The Morgan fingerprint density at radius 2 is 1.86 bits per heavy atom. The zero-order chi connectivity index (χ0) is 14.7. The van der Waals surface area contributed by atoms with Crippen LogP contribution in [-0.2, 0) is 0 Å². The molecule has 2 aliphatic rings. The Hall–Kier alpha value is -1.10. The van der Waals surface area contributed by atoms with E-state index in [0.717, 1.165) is 19.6 Å². The van der Waals surface area contributed by atoms with Crippen LogP contribution in [0.25, 0.3) is 0 Å². The first-order valence-corrected chi connectivity index (χ1v) is 8.54. The van der Waals surface area contributed by atoms with Crippen LogP contribution in [-0.4, -0.2) is 29.8 Å². The van der Waals surface area contributed by atoms with E-state index < -0.39 is 0 Å². The van der Waals surface area contributed by atoms with Gasteiger partial charge in [-0.2, -0.15) is 0 Å². The zero-order valence-electron chi connectivity index (χ0n) is 13.4. The number of nitrogens with zero attached hydrogens (tertiary/aromatic N) is 3. The molecule has 0 aromatic carbocycles. The molecule has 1 spiro atoms. The summed E-state index contributed by atoms with van der Waals surface area (Å²) < 4.78 is 5.85. The van der Waals surface area contributed by atoms with Crippen LogP contribution in [0, 0.1) is 5.41 Å². The van der Waals surface area contributed by atoms with Crippen molar-refractivity contribution in [2.45, 2.75) is 64.8 Å². The summed E-state index contributed by atoms with van der Waals surface area (Å²) in [5.41, 5.74) is 0.620. The molecule has 1 N–H and O–H groups in total. The third-order valence-electron chi connectivity index (χ3n) is 5.32. The maximum Gasteiger partial charge on any atom is 0.318 e. The molecule has 1 atom stereocenters. The Balaban J connectivity index is 1.59. The number of anilines is 1. The van der Waals surface area contributed by atoms with Gasteiger partial charge in [-0.05, 0) is 44.6 Å². The first kappa shape index (κ1) is 14.8. The van der Waals surface area contributed by atoms with Gasteiger partial charge in [-0.25, -0.2) is 0 Å². The summed E-state index contributed by atoms with van der Waals surface area (Å²) in [5, 5.41) is 11.7. The molecule has 1 aliphatic carbocycles. The SMILES string of the molecule is CCNC(C)c1nnc(N2CCC3(CCCCC3)CC2)o1. The van der Waals surface area contributed by atoms with Crippen molar-refractivity contribution in [2.75, 3.05) is 24.5 Å². The fourth-order valence-corrected chi connectivity index (χ4v) is 3.90. The Kier molecular flexibility index (Phi) is 4.48. The summed E-state index contributed by atoms with van der Waals surface area (Å²) in [6.07, 6.45) is 9.69. The lowest BCUT2D eigenvalue weighted by atomic mass is 9.68. The van der Waals surface area contributed by atoms with Gasteiger partial charge in [-0.3, -0.25) is 0 Å². The molecule has 5 heteroatoms. The van der Waals surface area contributed by atoms with Crippen LogP contribution in [0.3, 0.4) is 0 Å². The van der Waals surface area contributed by atoms with Gasteiger partial charge in [-0.15, -0.1) is 5.10 Å². The number of nitrogens with one attached hydrogen (secondary N) is 1. The molecule has 0 bridgehead atoms. The van der Waals surface area contributed by atoms with Crippen molar-refractivity contribution in [2.24, 2.45) is 5.41 Å². The summed E-state index contributed by atoms with van der Waals surface area (Å²) in [6, 6.07) is 0.839. The van der Waals surface area contributed by atoms with Gasteiger partial charge >= 0.3 is 6.01 Å². The number of aromatic nitrogens is 2.